The van der Waals surface area contributed by atoms with Gasteiger partial charge in [0.05, 0.1) is 12.2 Å². The Morgan fingerprint density at radius 1 is 1.53 bits per heavy atom. The number of carbonyl (C=O) groups is 1. The van der Waals surface area contributed by atoms with Gasteiger partial charge in [-0.05, 0) is 30.7 Å². The third-order valence-corrected chi connectivity index (χ3v) is 2.40. The van der Waals surface area contributed by atoms with Crippen LogP contribution in [0.4, 0.5) is 0 Å². The number of hydrogen-bond acceptors (Lipinski definition) is 4. The van der Waals surface area contributed by atoms with Crippen molar-refractivity contribution in [1.82, 2.24) is 0 Å². The van der Waals surface area contributed by atoms with E-state index in [1.54, 1.807) is 49.4 Å². The lowest BCUT2D eigenvalue weighted by molar-refractivity contribution is 0.0305. The highest BCUT2D eigenvalue weighted by Gasteiger charge is 2.21. The van der Waals surface area contributed by atoms with Crippen molar-refractivity contribution in [3.05, 3.63) is 58.5 Å². The Hall–Kier alpha value is -2.30. The molecule has 0 saturated heterocycles. The van der Waals surface area contributed by atoms with Crippen LogP contribution < -0.4 is 0 Å². The molecule has 0 saturated carbocycles. The highest BCUT2D eigenvalue weighted by molar-refractivity contribution is 5.89. The Kier molecular flexibility index (Phi) is 6.15. The largest absolute Gasteiger partial charge is 0.454 e. The molecule has 0 amide bonds. The highest BCUT2D eigenvalue weighted by atomic mass is 16.5. The molecule has 1 aromatic rings. The molecule has 0 aliphatic carbocycles. The molecule has 100 valence electrons. The average Bonchev–Trinajstić information content (AvgIpc) is 2.45. The number of nitrogens with zero attached hydrogens (tertiary/aromatic N) is 3. The zero-order valence-corrected chi connectivity index (χ0v) is 10.5. The number of aliphatic hydroxyl groups excluding tert-OH is 1. The summed E-state index contributed by atoms with van der Waals surface area (Å²) in [6.07, 6.45) is 2.44. The van der Waals surface area contributed by atoms with Gasteiger partial charge in [-0.2, -0.15) is 0 Å². The van der Waals surface area contributed by atoms with Crippen molar-refractivity contribution < 1.29 is 14.6 Å². The first-order valence-corrected chi connectivity index (χ1v) is 5.76. The second-order valence-corrected chi connectivity index (χ2v) is 3.72. The van der Waals surface area contributed by atoms with Crippen molar-refractivity contribution in [2.24, 2.45) is 5.11 Å². The van der Waals surface area contributed by atoms with Gasteiger partial charge < -0.3 is 9.84 Å². The lowest BCUT2D eigenvalue weighted by Crippen LogP contribution is -2.31. The summed E-state index contributed by atoms with van der Waals surface area (Å²) < 4.78 is 5.23. The quantitative estimate of drug-likeness (QED) is 0.280. The van der Waals surface area contributed by atoms with Crippen molar-refractivity contribution in [2.45, 2.75) is 19.1 Å². The van der Waals surface area contributed by atoms with Crippen LogP contribution in [0.25, 0.3) is 10.4 Å². The van der Waals surface area contributed by atoms with Crippen LogP contribution in [0.2, 0.25) is 0 Å². The number of azide groups is 1. The van der Waals surface area contributed by atoms with Gasteiger partial charge in [-0.3, -0.25) is 0 Å². The van der Waals surface area contributed by atoms with E-state index in [9.17, 15) is 4.79 Å². The van der Waals surface area contributed by atoms with Gasteiger partial charge in [-0.25, -0.2) is 4.79 Å². The van der Waals surface area contributed by atoms with E-state index in [0.29, 0.717) is 5.56 Å². The first-order chi connectivity index (χ1) is 9.22. The van der Waals surface area contributed by atoms with Crippen LogP contribution in [0.3, 0.4) is 0 Å². The molecule has 2 atom stereocenters. The minimum atomic E-state index is -0.839. The Morgan fingerprint density at radius 3 is 2.74 bits per heavy atom. The van der Waals surface area contributed by atoms with Crippen LogP contribution in [-0.4, -0.2) is 29.8 Å². The molecule has 6 nitrogen and oxygen atoms in total. The van der Waals surface area contributed by atoms with Crippen molar-refractivity contribution in [3.63, 3.8) is 0 Å². The van der Waals surface area contributed by atoms with Crippen LogP contribution in [0.5, 0.6) is 0 Å². The monoisotopic (exact) mass is 261 g/mol. The molecule has 0 heterocycles. The number of allylic oxidation sites excluding steroid dienone is 1. The predicted molar refractivity (Wildman–Crippen MR) is 70.5 cm³/mol. The lowest BCUT2D eigenvalue weighted by Gasteiger charge is -2.19. The van der Waals surface area contributed by atoms with Gasteiger partial charge in [0.15, 0.2) is 0 Å². The third kappa shape index (κ3) is 4.46. The number of rotatable bonds is 6. The molecular weight excluding hydrogens is 246 g/mol. The second kappa shape index (κ2) is 7.92. The van der Waals surface area contributed by atoms with Crippen molar-refractivity contribution in [1.29, 1.82) is 0 Å². The first-order valence-electron chi connectivity index (χ1n) is 5.76. The SMILES string of the molecule is C/C=C/[C@@H](OC(=O)c1ccccc1)C(CO)N=[N+]=[N-]. The number of esters is 1. The van der Waals surface area contributed by atoms with Crippen molar-refractivity contribution in [2.75, 3.05) is 6.61 Å². The lowest BCUT2D eigenvalue weighted by atomic mass is 10.1. The number of hydrogen-bond donors (Lipinski definition) is 1. The Morgan fingerprint density at radius 2 is 2.21 bits per heavy atom. The maximum absolute atomic E-state index is 11.9. The van der Waals surface area contributed by atoms with Crippen LogP contribution >= 0.6 is 0 Å². The summed E-state index contributed by atoms with van der Waals surface area (Å²) in [6, 6.07) is 7.63. The molecule has 0 aromatic heterocycles. The van der Waals surface area contributed by atoms with Gasteiger partial charge in [0.25, 0.3) is 0 Å². The summed E-state index contributed by atoms with van der Waals surface area (Å²) in [4.78, 5) is 14.5. The van der Waals surface area contributed by atoms with Crippen LogP contribution in [-0.2, 0) is 4.74 Å². The van der Waals surface area contributed by atoms with Gasteiger partial charge in [0.2, 0.25) is 0 Å². The maximum atomic E-state index is 11.9. The highest BCUT2D eigenvalue weighted by Crippen LogP contribution is 2.10. The number of ether oxygens (including phenoxy) is 1. The van der Waals surface area contributed by atoms with E-state index < -0.39 is 24.7 Å². The molecule has 6 heteroatoms. The van der Waals surface area contributed by atoms with Gasteiger partial charge >= 0.3 is 5.97 Å². The third-order valence-electron chi connectivity index (χ3n) is 2.40. The molecule has 0 radical (unpaired) electrons. The first kappa shape index (κ1) is 14.8. The minimum Gasteiger partial charge on any atom is -0.454 e. The van der Waals surface area contributed by atoms with Gasteiger partial charge in [-0.15, -0.1) is 0 Å². The Balaban J connectivity index is 2.84. The van der Waals surface area contributed by atoms with Crippen molar-refractivity contribution in [3.8, 4) is 0 Å². The zero-order chi connectivity index (χ0) is 14.1. The van der Waals surface area contributed by atoms with Crippen LogP contribution in [0.1, 0.15) is 17.3 Å². The standard InChI is InChI=1S/C13H15N3O3/c1-2-6-12(11(9-17)15-16-14)19-13(18)10-7-4-3-5-8-10/h2-8,11-12,17H,9H2,1H3/b6-2+/t11?,12-/m1/s1. The number of aliphatic hydroxyl groups is 1. The molecule has 0 bridgehead atoms. The molecule has 1 N–H and O–H groups in total. The van der Waals surface area contributed by atoms with Gasteiger partial charge in [0, 0.05) is 4.91 Å². The normalized spacial score (nSPS) is 13.6. The molecule has 1 aromatic carbocycles. The van der Waals surface area contributed by atoms with E-state index in [-0.39, 0.29) is 0 Å². The molecule has 1 rings (SSSR count). The summed E-state index contributed by atoms with van der Waals surface area (Å²) in [5, 5.41) is 12.6. The Bertz CT molecular complexity index is 481. The molecule has 0 aliphatic rings. The van der Waals surface area contributed by atoms with E-state index in [1.807, 2.05) is 0 Å². The average molecular weight is 261 g/mol. The summed E-state index contributed by atoms with van der Waals surface area (Å²) in [7, 11) is 0. The zero-order valence-electron chi connectivity index (χ0n) is 10.5. The van der Waals surface area contributed by atoms with E-state index in [4.69, 9.17) is 15.4 Å². The van der Waals surface area contributed by atoms with Crippen LogP contribution in [0, 0.1) is 0 Å². The topological polar surface area (TPSA) is 95.3 Å². The molecule has 1 unspecified atom stereocenters. The molecule has 19 heavy (non-hydrogen) atoms. The van der Waals surface area contributed by atoms with Gasteiger partial charge in [-0.1, -0.05) is 29.4 Å². The molecule has 0 aliphatic heterocycles. The summed E-state index contributed by atoms with van der Waals surface area (Å²) >= 11 is 0. The van der Waals surface area contributed by atoms with Crippen LogP contribution in [0.15, 0.2) is 47.6 Å². The minimum absolute atomic E-state index is 0.398. The summed E-state index contributed by atoms with van der Waals surface area (Å²) in [6.45, 7) is 1.34. The smallest absolute Gasteiger partial charge is 0.338 e. The summed E-state index contributed by atoms with van der Waals surface area (Å²) in [5.74, 6) is -0.532. The Labute approximate surface area is 110 Å². The van der Waals surface area contributed by atoms with Crippen molar-refractivity contribution >= 4 is 5.97 Å². The van der Waals surface area contributed by atoms with E-state index in [0.717, 1.165) is 0 Å². The van der Waals surface area contributed by atoms with E-state index >= 15 is 0 Å². The van der Waals surface area contributed by atoms with E-state index in [1.165, 1.54) is 0 Å². The second-order valence-electron chi connectivity index (χ2n) is 3.72. The number of benzene rings is 1. The van der Waals surface area contributed by atoms with Gasteiger partial charge in [0.1, 0.15) is 12.1 Å². The molecular formula is C13H15N3O3. The fourth-order valence-corrected chi connectivity index (χ4v) is 1.47. The van der Waals surface area contributed by atoms with E-state index in [2.05, 4.69) is 10.0 Å². The summed E-state index contributed by atoms with van der Waals surface area (Å²) in [5.41, 5.74) is 8.82. The maximum Gasteiger partial charge on any atom is 0.338 e. The fraction of sp³-hybridized carbons (Fsp3) is 0.308. The fourth-order valence-electron chi connectivity index (χ4n) is 1.47. The molecule has 0 spiro atoms. The predicted octanol–water partition coefficient (Wildman–Crippen LogP) is 2.46. The number of carbonyl (C=O) groups excluding carboxylic acids is 1. The molecule has 0 fully saturated rings.